The van der Waals surface area contributed by atoms with Gasteiger partial charge in [-0.1, -0.05) is 80.5 Å². The highest BCUT2D eigenvalue weighted by atomic mass is 15.4. The summed E-state index contributed by atoms with van der Waals surface area (Å²) in [5.41, 5.74) is 1.95. The molecule has 110 valence electrons. The number of rotatable bonds is 8. The maximum Gasteiger partial charge on any atom is 0.114 e. The van der Waals surface area contributed by atoms with E-state index < -0.39 is 0 Å². The van der Waals surface area contributed by atoms with Gasteiger partial charge in [-0.25, -0.2) is 4.68 Å². The molecule has 2 rings (SSSR count). The second-order valence-electron chi connectivity index (χ2n) is 5.34. The number of aromatic nitrogens is 3. The third kappa shape index (κ3) is 4.46. The van der Waals surface area contributed by atoms with Gasteiger partial charge in [0.2, 0.25) is 0 Å². The summed E-state index contributed by atoms with van der Waals surface area (Å²) >= 11 is 0. The maximum atomic E-state index is 5.66. The van der Waals surface area contributed by atoms with E-state index in [-0.39, 0.29) is 6.04 Å². The van der Waals surface area contributed by atoms with E-state index in [1.807, 2.05) is 41.2 Å². The Hall–Kier alpha value is -2.08. The Labute approximate surface area is 127 Å². The van der Waals surface area contributed by atoms with Gasteiger partial charge in [0.1, 0.15) is 11.7 Å². The van der Waals surface area contributed by atoms with Crippen molar-refractivity contribution >= 4 is 0 Å². The molecule has 0 radical (unpaired) electrons. The van der Waals surface area contributed by atoms with Crippen LogP contribution in [-0.2, 0) is 0 Å². The molecule has 0 spiro atoms. The van der Waals surface area contributed by atoms with Gasteiger partial charge in [-0.3, -0.25) is 0 Å². The van der Waals surface area contributed by atoms with Crippen molar-refractivity contribution in [2.75, 3.05) is 0 Å². The highest BCUT2D eigenvalue weighted by Gasteiger charge is 2.11. The van der Waals surface area contributed by atoms with Crippen LogP contribution in [0.4, 0.5) is 0 Å². The normalized spacial score (nSPS) is 12.0. The zero-order valence-corrected chi connectivity index (χ0v) is 12.7. The predicted octanol–water partition coefficient (Wildman–Crippen LogP) is 4.48. The number of hydrogen-bond donors (Lipinski definition) is 0. The van der Waals surface area contributed by atoms with E-state index in [1.54, 1.807) is 0 Å². The molecule has 0 aliphatic heterocycles. The average molecular weight is 281 g/mol. The van der Waals surface area contributed by atoms with Crippen LogP contribution in [0.1, 0.15) is 51.5 Å². The van der Waals surface area contributed by atoms with Crippen LogP contribution in [0.25, 0.3) is 11.3 Å². The smallest absolute Gasteiger partial charge is 0.114 e. The lowest BCUT2D eigenvalue weighted by atomic mass is 10.1. The monoisotopic (exact) mass is 281 g/mol. The van der Waals surface area contributed by atoms with Crippen LogP contribution in [0, 0.1) is 12.3 Å². The van der Waals surface area contributed by atoms with Gasteiger partial charge in [0, 0.05) is 5.56 Å². The first kappa shape index (κ1) is 15.3. The van der Waals surface area contributed by atoms with E-state index in [4.69, 9.17) is 6.42 Å². The topological polar surface area (TPSA) is 30.7 Å². The minimum Gasteiger partial charge on any atom is -0.237 e. The standard InChI is InChI=1S/C18H23N3/c1-3-5-6-7-11-14-17(4-2)21-15-18(19-20-21)16-12-9-8-10-13-16/h2,8-10,12-13,15,17H,3,5-7,11,14H2,1H3. The quantitative estimate of drug-likeness (QED) is 0.527. The Balaban J connectivity index is 1.94. The van der Waals surface area contributed by atoms with E-state index in [1.165, 1.54) is 25.7 Å². The van der Waals surface area contributed by atoms with Gasteiger partial charge in [0.25, 0.3) is 0 Å². The van der Waals surface area contributed by atoms with Crippen molar-refractivity contribution in [2.45, 2.75) is 51.5 Å². The number of benzene rings is 1. The van der Waals surface area contributed by atoms with Crippen LogP contribution >= 0.6 is 0 Å². The van der Waals surface area contributed by atoms with Crippen LogP contribution in [-0.4, -0.2) is 15.0 Å². The molecular formula is C18H23N3. The molecule has 0 aliphatic carbocycles. The van der Waals surface area contributed by atoms with Crippen LogP contribution in [0.5, 0.6) is 0 Å². The summed E-state index contributed by atoms with van der Waals surface area (Å²) in [6, 6.07) is 10.1. The van der Waals surface area contributed by atoms with Crippen molar-refractivity contribution in [3.63, 3.8) is 0 Å². The number of unbranched alkanes of at least 4 members (excludes halogenated alkanes) is 4. The Morgan fingerprint density at radius 3 is 2.62 bits per heavy atom. The molecule has 21 heavy (non-hydrogen) atoms. The molecule has 1 atom stereocenters. The van der Waals surface area contributed by atoms with Crippen molar-refractivity contribution in [3.05, 3.63) is 36.5 Å². The van der Waals surface area contributed by atoms with Crippen LogP contribution in [0.2, 0.25) is 0 Å². The lowest BCUT2D eigenvalue weighted by Crippen LogP contribution is -2.07. The summed E-state index contributed by atoms with van der Waals surface area (Å²) < 4.78 is 1.82. The van der Waals surface area contributed by atoms with Gasteiger partial charge >= 0.3 is 0 Å². The third-order valence-corrected chi connectivity index (χ3v) is 3.67. The van der Waals surface area contributed by atoms with Crippen LogP contribution in [0.3, 0.4) is 0 Å². The van der Waals surface area contributed by atoms with Crippen molar-refractivity contribution in [2.24, 2.45) is 0 Å². The number of terminal acetylenes is 1. The van der Waals surface area contributed by atoms with E-state index >= 15 is 0 Å². The molecule has 0 aliphatic rings. The number of nitrogens with zero attached hydrogens (tertiary/aromatic N) is 3. The molecular weight excluding hydrogens is 258 g/mol. The van der Waals surface area contributed by atoms with Gasteiger partial charge in [0.05, 0.1) is 6.20 Å². The van der Waals surface area contributed by atoms with Gasteiger partial charge in [-0.05, 0) is 6.42 Å². The first-order valence-electron chi connectivity index (χ1n) is 7.78. The van der Waals surface area contributed by atoms with Crippen LogP contribution < -0.4 is 0 Å². The molecule has 0 bridgehead atoms. The summed E-state index contributed by atoms with van der Waals surface area (Å²) in [5, 5.41) is 8.43. The summed E-state index contributed by atoms with van der Waals surface area (Å²) in [6.45, 7) is 2.23. The van der Waals surface area contributed by atoms with Gasteiger partial charge in [-0.15, -0.1) is 11.5 Å². The second kappa shape index (κ2) is 8.26. The van der Waals surface area contributed by atoms with E-state index in [0.717, 1.165) is 24.1 Å². The summed E-state index contributed by atoms with van der Waals surface area (Å²) in [7, 11) is 0. The van der Waals surface area contributed by atoms with Crippen molar-refractivity contribution < 1.29 is 0 Å². The Morgan fingerprint density at radius 1 is 1.14 bits per heavy atom. The molecule has 1 aromatic carbocycles. The number of hydrogen-bond acceptors (Lipinski definition) is 2. The Morgan fingerprint density at radius 2 is 1.90 bits per heavy atom. The zero-order chi connectivity index (χ0) is 14.9. The first-order valence-corrected chi connectivity index (χ1v) is 7.78. The first-order chi connectivity index (χ1) is 10.3. The van der Waals surface area contributed by atoms with E-state index in [2.05, 4.69) is 23.2 Å². The van der Waals surface area contributed by atoms with E-state index in [9.17, 15) is 0 Å². The third-order valence-electron chi connectivity index (χ3n) is 3.67. The van der Waals surface area contributed by atoms with Gasteiger partial charge in [0.15, 0.2) is 0 Å². The van der Waals surface area contributed by atoms with Crippen molar-refractivity contribution in [1.82, 2.24) is 15.0 Å². The fourth-order valence-electron chi connectivity index (χ4n) is 2.40. The molecule has 3 heteroatoms. The second-order valence-corrected chi connectivity index (χ2v) is 5.34. The molecule has 1 aromatic heterocycles. The van der Waals surface area contributed by atoms with E-state index in [0.29, 0.717) is 0 Å². The van der Waals surface area contributed by atoms with Crippen LogP contribution in [0.15, 0.2) is 36.5 Å². The predicted molar refractivity (Wildman–Crippen MR) is 86.7 cm³/mol. The minimum absolute atomic E-state index is 0.0107. The Kier molecular flexibility index (Phi) is 6.02. The summed E-state index contributed by atoms with van der Waals surface area (Å²) in [5.74, 6) is 2.83. The summed E-state index contributed by atoms with van der Waals surface area (Å²) in [4.78, 5) is 0. The Bertz CT molecular complexity index is 566. The molecule has 0 fully saturated rings. The van der Waals surface area contributed by atoms with Crippen molar-refractivity contribution in [1.29, 1.82) is 0 Å². The largest absolute Gasteiger partial charge is 0.237 e. The van der Waals surface area contributed by atoms with Gasteiger partial charge in [-0.2, -0.15) is 0 Å². The summed E-state index contributed by atoms with van der Waals surface area (Å²) in [6.07, 6.45) is 14.8. The molecule has 2 aromatic rings. The fourth-order valence-corrected chi connectivity index (χ4v) is 2.40. The highest BCUT2D eigenvalue weighted by Crippen LogP contribution is 2.19. The SMILES string of the molecule is C#CC(CCCCCCC)n1cc(-c2ccccc2)nn1. The molecule has 0 N–H and O–H groups in total. The molecule has 3 nitrogen and oxygen atoms in total. The maximum absolute atomic E-state index is 5.66. The lowest BCUT2D eigenvalue weighted by molar-refractivity contribution is 0.472. The van der Waals surface area contributed by atoms with Crippen molar-refractivity contribution in [3.8, 4) is 23.6 Å². The minimum atomic E-state index is 0.0107. The molecule has 1 heterocycles. The van der Waals surface area contributed by atoms with Gasteiger partial charge < -0.3 is 0 Å². The zero-order valence-electron chi connectivity index (χ0n) is 12.7. The molecule has 0 amide bonds. The lowest BCUT2D eigenvalue weighted by Gasteiger charge is -2.09. The average Bonchev–Trinajstić information content (AvgIpc) is 3.01. The molecule has 0 saturated heterocycles. The fraction of sp³-hybridized carbons (Fsp3) is 0.444. The highest BCUT2D eigenvalue weighted by molar-refractivity contribution is 5.57. The molecule has 1 unspecified atom stereocenters. The molecule has 0 saturated carbocycles.